The molecular formula is C26H27ClN8O2. The molecule has 3 N–H and O–H groups in total. The van der Waals surface area contributed by atoms with Crippen LogP contribution in [0.15, 0.2) is 55.3 Å². The van der Waals surface area contributed by atoms with Gasteiger partial charge >= 0.3 is 0 Å². The van der Waals surface area contributed by atoms with Crippen molar-refractivity contribution in [1.29, 1.82) is 5.26 Å². The monoisotopic (exact) mass is 518 g/mol. The largest absolute Gasteiger partial charge is 0.494 e. The maximum atomic E-state index is 12.2. The van der Waals surface area contributed by atoms with E-state index in [0.717, 1.165) is 31.9 Å². The minimum absolute atomic E-state index is 0.244. The highest BCUT2D eigenvalue weighted by atomic mass is 35.5. The first-order chi connectivity index (χ1) is 17.9. The molecule has 1 aliphatic rings. The first-order valence-corrected chi connectivity index (χ1v) is 11.9. The predicted molar refractivity (Wildman–Crippen MR) is 146 cm³/mol. The van der Waals surface area contributed by atoms with Crippen molar-refractivity contribution in [1.82, 2.24) is 14.9 Å². The van der Waals surface area contributed by atoms with Gasteiger partial charge in [0, 0.05) is 32.2 Å². The van der Waals surface area contributed by atoms with Crippen LogP contribution in [0, 0.1) is 11.3 Å². The van der Waals surface area contributed by atoms with Crippen molar-refractivity contribution in [2.75, 3.05) is 61.2 Å². The molecule has 2 heterocycles. The second-order valence-electron chi connectivity index (χ2n) is 8.35. The average molecular weight is 519 g/mol. The lowest BCUT2D eigenvalue weighted by Gasteiger charge is -2.35. The molecule has 190 valence electrons. The Kier molecular flexibility index (Phi) is 8.08. The van der Waals surface area contributed by atoms with Crippen LogP contribution in [0.5, 0.6) is 5.75 Å². The number of amides is 1. The van der Waals surface area contributed by atoms with E-state index in [4.69, 9.17) is 16.3 Å². The lowest BCUT2D eigenvalue weighted by molar-refractivity contribution is -0.111. The Morgan fingerprint density at radius 1 is 1.16 bits per heavy atom. The molecule has 1 aromatic heterocycles. The number of likely N-dealkylation sites (N-methyl/N-ethyl adjacent to an activating group) is 1. The van der Waals surface area contributed by atoms with E-state index in [9.17, 15) is 10.1 Å². The van der Waals surface area contributed by atoms with Gasteiger partial charge in [0.15, 0.2) is 5.82 Å². The van der Waals surface area contributed by atoms with E-state index in [0.29, 0.717) is 34.2 Å². The van der Waals surface area contributed by atoms with Crippen molar-refractivity contribution in [3.63, 3.8) is 0 Å². The molecule has 37 heavy (non-hydrogen) atoms. The van der Waals surface area contributed by atoms with Gasteiger partial charge in [-0.2, -0.15) is 10.2 Å². The molecule has 1 aliphatic heterocycles. The number of rotatable bonds is 8. The summed E-state index contributed by atoms with van der Waals surface area (Å²) in [6, 6.07) is 12.8. The van der Waals surface area contributed by atoms with Crippen LogP contribution in [0.3, 0.4) is 0 Å². The molecule has 0 spiro atoms. The Hall–Kier alpha value is -4.33. The number of anilines is 6. The highest BCUT2D eigenvalue weighted by Gasteiger charge is 2.21. The summed E-state index contributed by atoms with van der Waals surface area (Å²) in [5, 5.41) is 18.8. The Morgan fingerprint density at radius 2 is 1.92 bits per heavy atom. The number of hydrogen-bond acceptors (Lipinski definition) is 9. The third-order valence-corrected chi connectivity index (χ3v) is 6.17. The number of benzene rings is 2. The fourth-order valence-corrected chi connectivity index (χ4v) is 4.02. The number of carbonyl (C=O) groups excluding carboxylic acids is 1. The number of hydrogen-bond donors (Lipinski definition) is 3. The summed E-state index contributed by atoms with van der Waals surface area (Å²) in [6.45, 7) is 6.99. The summed E-state index contributed by atoms with van der Waals surface area (Å²) in [7, 11) is 3.66. The van der Waals surface area contributed by atoms with Gasteiger partial charge in [-0.3, -0.25) is 4.79 Å². The smallest absolute Gasteiger partial charge is 0.247 e. The minimum atomic E-state index is -0.322. The zero-order chi connectivity index (χ0) is 26.4. The van der Waals surface area contributed by atoms with E-state index in [2.05, 4.69) is 55.4 Å². The number of carbonyl (C=O) groups is 1. The van der Waals surface area contributed by atoms with Crippen LogP contribution in [0.25, 0.3) is 0 Å². The third-order valence-electron chi connectivity index (χ3n) is 5.90. The first kappa shape index (κ1) is 25.8. The lowest BCUT2D eigenvalue weighted by atomic mass is 10.1. The van der Waals surface area contributed by atoms with Gasteiger partial charge in [0.1, 0.15) is 16.8 Å². The quantitative estimate of drug-likeness (QED) is 0.373. The lowest BCUT2D eigenvalue weighted by Crippen LogP contribution is -2.44. The van der Waals surface area contributed by atoms with E-state index in [1.54, 1.807) is 31.4 Å². The van der Waals surface area contributed by atoms with Crippen molar-refractivity contribution in [2.45, 2.75) is 0 Å². The van der Waals surface area contributed by atoms with Crippen LogP contribution in [0.2, 0.25) is 5.02 Å². The second kappa shape index (κ2) is 11.6. The van der Waals surface area contributed by atoms with Crippen molar-refractivity contribution in [3.8, 4) is 11.8 Å². The fourth-order valence-electron chi connectivity index (χ4n) is 3.88. The molecule has 0 aliphatic carbocycles. The first-order valence-electron chi connectivity index (χ1n) is 11.6. The van der Waals surface area contributed by atoms with E-state index < -0.39 is 0 Å². The summed E-state index contributed by atoms with van der Waals surface area (Å²) in [5.41, 5.74) is 3.02. The number of nitrogens with one attached hydrogen (secondary N) is 3. The van der Waals surface area contributed by atoms with Gasteiger partial charge in [-0.05, 0) is 31.3 Å². The standard InChI is InChI=1S/C26H27ClN8O2/c1-4-24(36)30-20-13-21(23(37-3)14-22(20)35-11-9-34(2)10-12-35)32-26-29-16-18(27)25(33-26)31-19-8-6-5-7-17(19)15-28/h4-8,13-14,16H,1,9-12H2,2-3H3,(H,30,36)(H2,29,31,32,33). The average Bonchev–Trinajstić information content (AvgIpc) is 2.91. The van der Waals surface area contributed by atoms with Crippen LogP contribution in [-0.4, -0.2) is 61.1 Å². The maximum absolute atomic E-state index is 12.2. The molecule has 2 aromatic carbocycles. The van der Waals surface area contributed by atoms with Crippen molar-refractivity contribution < 1.29 is 9.53 Å². The Balaban J connectivity index is 1.67. The molecule has 0 unspecified atom stereocenters. The number of methoxy groups -OCH3 is 1. The molecule has 1 saturated heterocycles. The molecule has 0 radical (unpaired) electrons. The zero-order valence-electron chi connectivity index (χ0n) is 20.6. The Morgan fingerprint density at radius 3 is 2.62 bits per heavy atom. The SMILES string of the molecule is C=CC(=O)Nc1cc(Nc2ncc(Cl)c(Nc3ccccc3C#N)n2)c(OC)cc1N1CCN(C)CC1. The molecule has 3 aromatic rings. The number of aromatic nitrogens is 2. The van der Waals surface area contributed by atoms with E-state index in [-0.39, 0.29) is 16.9 Å². The second-order valence-corrected chi connectivity index (χ2v) is 8.76. The third kappa shape index (κ3) is 6.09. The van der Waals surface area contributed by atoms with E-state index >= 15 is 0 Å². The van der Waals surface area contributed by atoms with Crippen LogP contribution < -0.4 is 25.6 Å². The predicted octanol–water partition coefficient (Wildman–Crippen LogP) is 4.37. The molecule has 1 fully saturated rings. The van der Waals surface area contributed by atoms with Crippen molar-refractivity contribution in [3.05, 3.63) is 65.8 Å². The highest BCUT2D eigenvalue weighted by molar-refractivity contribution is 6.33. The number of ether oxygens (including phenoxy) is 1. The Bertz CT molecular complexity index is 1350. The molecule has 11 heteroatoms. The molecule has 0 atom stereocenters. The summed E-state index contributed by atoms with van der Waals surface area (Å²) < 4.78 is 5.67. The fraction of sp³-hybridized carbons (Fsp3) is 0.231. The number of para-hydroxylation sites is 1. The van der Waals surface area contributed by atoms with E-state index in [1.807, 2.05) is 12.1 Å². The molecule has 0 bridgehead atoms. The zero-order valence-corrected chi connectivity index (χ0v) is 21.3. The van der Waals surface area contributed by atoms with Crippen LogP contribution in [-0.2, 0) is 4.79 Å². The van der Waals surface area contributed by atoms with Gasteiger partial charge in [0.2, 0.25) is 11.9 Å². The maximum Gasteiger partial charge on any atom is 0.247 e. The van der Waals surface area contributed by atoms with Gasteiger partial charge in [0.25, 0.3) is 0 Å². The van der Waals surface area contributed by atoms with Gasteiger partial charge in [-0.25, -0.2) is 4.98 Å². The van der Waals surface area contributed by atoms with Gasteiger partial charge in [0.05, 0.1) is 41.6 Å². The summed E-state index contributed by atoms with van der Waals surface area (Å²) in [6.07, 6.45) is 2.68. The minimum Gasteiger partial charge on any atom is -0.494 e. The number of nitrogens with zero attached hydrogens (tertiary/aromatic N) is 5. The van der Waals surface area contributed by atoms with Gasteiger partial charge < -0.3 is 30.5 Å². The van der Waals surface area contributed by atoms with Gasteiger partial charge in [-0.15, -0.1) is 0 Å². The van der Waals surface area contributed by atoms with Crippen LogP contribution in [0.1, 0.15) is 5.56 Å². The number of piperazine rings is 1. The summed E-state index contributed by atoms with van der Waals surface area (Å²) in [5.74, 6) is 0.799. The highest BCUT2D eigenvalue weighted by Crippen LogP contribution is 2.39. The van der Waals surface area contributed by atoms with E-state index in [1.165, 1.54) is 12.3 Å². The summed E-state index contributed by atoms with van der Waals surface area (Å²) in [4.78, 5) is 25.5. The molecular weight excluding hydrogens is 492 g/mol. The molecule has 10 nitrogen and oxygen atoms in total. The van der Waals surface area contributed by atoms with Crippen LogP contribution >= 0.6 is 11.6 Å². The normalized spacial score (nSPS) is 13.4. The Labute approximate surface area is 220 Å². The molecule has 0 saturated carbocycles. The van der Waals surface area contributed by atoms with Crippen molar-refractivity contribution >= 4 is 52.0 Å². The molecule has 1 amide bonds. The summed E-state index contributed by atoms with van der Waals surface area (Å²) >= 11 is 6.33. The topological polar surface area (TPSA) is 118 Å². The number of nitriles is 1. The van der Waals surface area contributed by atoms with Gasteiger partial charge in [-0.1, -0.05) is 30.3 Å². The number of halogens is 1. The van der Waals surface area contributed by atoms with Crippen LogP contribution in [0.4, 0.5) is 34.5 Å². The van der Waals surface area contributed by atoms with Crippen molar-refractivity contribution in [2.24, 2.45) is 0 Å². The molecule has 4 rings (SSSR count).